The summed E-state index contributed by atoms with van der Waals surface area (Å²) in [7, 11) is 2.16. The summed E-state index contributed by atoms with van der Waals surface area (Å²) in [4.78, 5) is 35.4. The van der Waals surface area contributed by atoms with Crippen molar-refractivity contribution < 1.29 is 4.79 Å². The van der Waals surface area contributed by atoms with Gasteiger partial charge in [-0.2, -0.15) is 4.98 Å². The summed E-state index contributed by atoms with van der Waals surface area (Å²) in [6.45, 7) is 5.43. The summed E-state index contributed by atoms with van der Waals surface area (Å²) in [5.74, 6) is 1.38. The number of carbonyl (C=O) groups excluding carboxylic acids is 1. The molecule has 0 atom stereocenters. The number of guanidine groups is 1. The van der Waals surface area contributed by atoms with Crippen LogP contribution in [0.25, 0.3) is 0 Å². The van der Waals surface area contributed by atoms with Crippen LogP contribution in [-0.2, 0) is 0 Å². The van der Waals surface area contributed by atoms with Crippen molar-refractivity contribution in [2.24, 2.45) is 4.99 Å². The third-order valence-electron chi connectivity index (χ3n) is 6.55. The normalized spacial score (nSPS) is 17.8. The minimum Gasteiger partial charge on any atom is -0.369 e. The molecule has 2 aromatic carbocycles. The molecule has 0 radical (unpaired) electrons. The average molecular weight is 489 g/mol. The van der Waals surface area contributed by atoms with Crippen LogP contribution in [0.1, 0.15) is 10.4 Å². The Bertz CT molecular complexity index is 1290. The molecule has 0 spiro atoms. The van der Waals surface area contributed by atoms with Gasteiger partial charge in [0.1, 0.15) is 5.56 Å². The molecular weight excluding hydrogens is 464 g/mol. The number of likely N-dealkylation sites (N-methyl/N-ethyl adjacent to an activating group) is 1. The van der Waals surface area contributed by atoms with E-state index in [1.54, 1.807) is 23.2 Å². The second kappa shape index (κ2) is 8.83. The van der Waals surface area contributed by atoms with E-state index in [1.807, 2.05) is 29.2 Å². The summed E-state index contributed by atoms with van der Waals surface area (Å²) in [6, 6.07) is 15.4. The highest BCUT2D eigenvalue weighted by molar-refractivity contribution is 6.32. The molecular formula is C25H25ClN8O. The smallest absolute Gasteiger partial charge is 0.270 e. The first-order valence-electron chi connectivity index (χ1n) is 11.7. The maximum Gasteiger partial charge on any atom is 0.270 e. The lowest BCUT2D eigenvalue weighted by Gasteiger charge is -2.34. The number of nitrogens with zero attached hydrogens (tertiary/aromatic N) is 7. The van der Waals surface area contributed by atoms with Gasteiger partial charge in [0.15, 0.2) is 5.82 Å². The zero-order valence-corrected chi connectivity index (χ0v) is 20.1. The van der Waals surface area contributed by atoms with E-state index in [9.17, 15) is 4.79 Å². The van der Waals surface area contributed by atoms with Gasteiger partial charge in [0.25, 0.3) is 5.91 Å². The quantitative estimate of drug-likeness (QED) is 0.602. The molecule has 1 amide bonds. The zero-order valence-electron chi connectivity index (χ0n) is 19.4. The number of rotatable bonds is 4. The molecule has 1 aromatic heterocycles. The molecule has 0 bridgehead atoms. The number of aromatic nitrogens is 2. The summed E-state index contributed by atoms with van der Waals surface area (Å²) >= 11 is 6.04. The van der Waals surface area contributed by atoms with E-state index in [-0.39, 0.29) is 5.91 Å². The number of benzene rings is 2. The Labute approximate surface area is 208 Å². The SMILES string of the molecule is CN1CCN(c2ccc(Nc3ncc4c(n3)N3CCN=C3N(c3ccc(Cl)cc3)C4=O)cc2)CC1. The Morgan fingerprint density at radius 2 is 1.63 bits per heavy atom. The summed E-state index contributed by atoms with van der Waals surface area (Å²) in [6.07, 6.45) is 1.59. The molecule has 9 nitrogen and oxygen atoms in total. The van der Waals surface area contributed by atoms with Gasteiger partial charge in [-0.3, -0.25) is 14.7 Å². The third kappa shape index (κ3) is 4.06. The second-order valence-corrected chi connectivity index (χ2v) is 9.28. The topological polar surface area (TPSA) is 80.2 Å². The number of anilines is 5. The van der Waals surface area contributed by atoms with Crippen LogP contribution >= 0.6 is 11.6 Å². The van der Waals surface area contributed by atoms with Gasteiger partial charge >= 0.3 is 0 Å². The van der Waals surface area contributed by atoms with E-state index >= 15 is 0 Å². The number of aliphatic imine (C=N–C) groups is 1. The van der Waals surface area contributed by atoms with Gasteiger partial charge in [0.2, 0.25) is 11.9 Å². The molecule has 10 heteroatoms. The van der Waals surface area contributed by atoms with Crippen LogP contribution in [-0.4, -0.2) is 73.1 Å². The Kier molecular flexibility index (Phi) is 5.50. The van der Waals surface area contributed by atoms with Crippen LogP contribution in [0.15, 0.2) is 59.7 Å². The first-order chi connectivity index (χ1) is 17.1. The number of fused-ring (bicyclic) bond motifs is 3. The van der Waals surface area contributed by atoms with Crippen molar-refractivity contribution in [1.29, 1.82) is 0 Å². The summed E-state index contributed by atoms with van der Waals surface area (Å²) < 4.78 is 0. The highest BCUT2D eigenvalue weighted by Crippen LogP contribution is 2.33. The van der Waals surface area contributed by atoms with Crippen LogP contribution in [0.5, 0.6) is 0 Å². The first kappa shape index (κ1) is 21.8. The minimum absolute atomic E-state index is 0.206. The number of halogens is 1. The minimum atomic E-state index is -0.206. The molecule has 3 aromatic rings. The summed E-state index contributed by atoms with van der Waals surface area (Å²) in [5, 5.41) is 3.89. The predicted octanol–water partition coefficient (Wildman–Crippen LogP) is 3.46. The molecule has 3 aliphatic heterocycles. The first-order valence-corrected chi connectivity index (χ1v) is 12.0. The predicted molar refractivity (Wildman–Crippen MR) is 139 cm³/mol. The van der Waals surface area contributed by atoms with E-state index < -0.39 is 0 Å². The lowest BCUT2D eigenvalue weighted by molar-refractivity contribution is 0.1000. The Balaban J connectivity index is 1.24. The Hall–Kier alpha value is -3.69. The van der Waals surface area contributed by atoms with Crippen molar-refractivity contribution in [1.82, 2.24) is 14.9 Å². The van der Waals surface area contributed by atoms with Crippen LogP contribution in [0, 0.1) is 0 Å². The molecule has 178 valence electrons. The molecule has 1 saturated heterocycles. The zero-order chi connectivity index (χ0) is 23.9. The van der Waals surface area contributed by atoms with Gasteiger partial charge < -0.3 is 15.1 Å². The largest absolute Gasteiger partial charge is 0.369 e. The molecule has 0 unspecified atom stereocenters. The molecule has 1 N–H and O–H groups in total. The number of carbonyl (C=O) groups is 1. The van der Waals surface area contributed by atoms with Gasteiger partial charge in [0, 0.05) is 55.3 Å². The van der Waals surface area contributed by atoms with E-state index in [2.05, 4.69) is 44.3 Å². The van der Waals surface area contributed by atoms with E-state index in [0.717, 1.165) is 31.9 Å². The van der Waals surface area contributed by atoms with Crippen LogP contribution in [0.3, 0.4) is 0 Å². The number of hydrogen-bond acceptors (Lipinski definition) is 8. The Morgan fingerprint density at radius 3 is 2.37 bits per heavy atom. The Morgan fingerprint density at radius 1 is 0.914 bits per heavy atom. The number of amides is 1. The van der Waals surface area contributed by atoms with E-state index in [4.69, 9.17) is 16.6 Å². The molecule has 1 fully saturated rings. The highest BCUT2D eigenvalue weighted by atomic mass is 35.5. The van der Waals surface area contributed by atoms with E-state index in [0.29, 0.717) is 47.1 Å². The molecule has 0 aliphatic carbocycles. The van der Waals surface area contributed by atoms with Gasteiger partial charge in [-0.15, -0.1) is 0 Å². The molecule has 0 saturated carbocycles. The maximum atomic E-state index is 13.4. The molecule has 3 aliphatic rings. The van der Waals surface area contributed by atoms with Crippen molar-refractivity contribution in [2.45, 2.75) is 0 Å². The molecule has 35 heavy (non-hydrogen) atoms. The standard InChI is InChI=1S/C25H25ClN8O/c1-31-12-14-32(15-13-31)19-8-4-18(5-9-19)29-24-28-16-21-22(30-24)33-11-10-27-25(33)34(23(21)35)20-6-2-17(26)3-7-20/h2-9,16H,10-15H2,1H3,(H,28,29,30). The fraction of sp³-hybridized carbons (Fsp3) is 0.280. The van der Waals surface area contributed by atoms with Gasteiger partial charge in [-0.25, -0.2) is 9.88 Å². The van der Waals surface area contributed by atoms with Crippen LogP contribution in [0.4, 0.5) is 28.8 Å². The van der Waals surface area contributed by atoms with Crippen LogP contribution in [0.2, 0.25) is 5.02 Å². The van der Waals surface area contributed by atoms with E-state index in [1.165, 1.54) is 5.69 Å². The monoisotopic (exact) mass is 488 g/mol. The van der Waals surface area contributed by atoms with Gasteiger partial charge in [-0.1, -0.05) is 11.6 Å². The van der Waals surface area contributed by atoms with Gasteiger partial charge in [0.05, 0.1) is 12.2 Å². The number of hydrogen-bond donors (Lipinski definition) is 1. The third-order valence-corrected chi connectivity index (χ3v) is 6.80. The van der Waals surface area contributed by atoms with Crippen molar-refractivity contribution in [3.63, 3.8) is 0 Å². The van der Waals surface area contributed by atoms with Gasteiger partial charge in [-0.05, 0) is 55.6 Å². The highest BCUT2D eigenvalue weighted by Gasteiger charge is 2.39. The fourth-order valence-corrected chi connectivity index (χ4v) is 4.73. The van der Waals surface area contributed by atoms with Crippen molar-refractivity contribution in [3.8, 4) is 0 Å². The maximum absolute atomic E-state index is 13.4. The number of piperazine rings is 1. The lowest BCUT2D eigenvalue weighted by Crippen LogP contribution is -2.51. The summed E-state index contributed by atoms with van der Waals surface area (Å²) in [5.41, 5.74) is 3.25. The average Bonchev–Trinajstić information content (AvgIpc) is 3.36. The van der Waals surface area contributed by atoms with Crippen molar-refractivity contribution >= 4 is 52.3 Å². The lowest BCUT2D eigenvalue weighted by atomic mass is 10.1. The van der Waals surface area contributed by atoms with Crippen molar-refractivity contribution in [3.05, 3.63) is 65.3 Å². The fourth-order valence-electron chi connectivity index (χ4n) is 4.60. The van der Waals surface area contributed by atoms with Crippen LogP contribution < -0.4 is 20.0 Å². The second-order valence-electron chi connectivity index (χ2n) is 8.84. The number of nitrogens with one attached hydrogen (secondary N) is 1. The van der Waals surface area contributed by atoms with Crippen molar-refractivity contribution in [2.75, 3.05) is 66.3 Å². The molecule has 4 heterocycles. The molecule has 6 rings (SSSR count).